The van der Waals surface area contributed by atoms with Crippen molar-refractivity contribution in [2.24, 2.45) is 0 Å². The summed E-state index contributed by atoms with van der Waals surface area (Å²) in [5, 5.41) is 0. The fourth-order valence-electron chi connectivity index (χ4n) is 2.71. The Morgan fingerprint density at radius 2 is 2.12 bits per heavy atom. The van der Waals surface area contributed by atoms with Crippen molar-refractivity contribution in [1.29, 1.82) is 0 Å². The summed E-state index contributed by atoms with van der Waals surface area (Å²) in [5.74, 6) is 0.934. The number of benzene rings is 1. The van der Waals surface area contributed by atoms with Crippen molar-refractivity contribution in [3.05, 3.63) is 52.5 Å². The van der Waals surface area contributed by atoms with Gasteiger partial charge in [0.1, 0.15) is 17.9 Å². The molecule has 0 spiro atoms. The van der Waals surface area contributed by atoms with E-state index in [1.807, 2.05) is 36.4 Å². The van der Waals surface area contributed by atoms with E-state index in [1.54, 1.807) is 0 Å². The van der Waals surface area contributed by atoms with Crippen LogP contribution < -0.4 is 20.9 Å². The highest BCUT2D eigenvalue weighted by molar-refractivity contribution is 5.81. The Hall–Kier alpha value is -3.29. The van der Waals surface area contributed by atoms with Gasteiger partial charge < -0.3 is 20.2 Å². The molecule has 1 aliphatic rings. The van der Waals surface area contributed by atoms with Crippen molar-refractivity contribution < 1.29 is 9.47 Å². The topological polar surface area (TPSA) is 108 Å². The van der Waals surface area contributed by atoms with Crippen molar-refractivity contribution in [1.82, 2.24) is 19.5 Å². The number of nitrogens with one attached hydrogen (secondary N) is 1. The minimum absolute atomic E-state index is 0.158. The van der Waals surface area contributed by atoms with Gasteiger partial charge in [-0.1, -0.05) is 24.3 Å². The maximum absolute atomic E-state index is 12.3. The van der Waals surface area contributed by atoms with E-state index in [0.717, 1.165) is 11.3 Å². The maximum atomic E-state index is 12.3. The number of nitrogens with zero attached hydrogens (tertiary/aromatic N) is 3. The molecular formula is C17H17N5O3. The van der Waals surface area contributed by atoms with Crippen molar-refractivity contribution in [2.75, 3.05) is 18.9 Å². The van der Waals surface area contributed by atoms with Crippen LogP contribution in [-0.2, 0) is 6.54 Å². The minimum Gasteiger partial charge on any atom is -0.490 e. The van der Waals surface area contributed by atoms with Gasteiger partial charge in [-0.05, 0) is 24.1 Å². The van der Waals surface area contributed by atoms with Crippen LogP contribution >= 0.6 is 0 Å². The van der Waals surface area contributed by atoms with Gasteiger partial charge >= 0.3 is 11.7 Å². The van der Waals surface area contributed by atoms with Crippen LogP contribution in [0.4, 0.5) is 5.82 Å². The molecule has 1 aromatic carbocycles. The molecule has 8 nitrogen and oxygen atoms in total. The Morgan fingerprint density at radius 3 is 3.04 bits per heavy atom. The molecule has 0 aliphatic carbocycles. The summed E-state index contributed by atoms with van der Waals surface area (Å²) in [6.07, 6.45) is 4.59. The number of H-pyrrole nitrogens is 1. The van der Waals surface area contributed by atoms with Crippen molar-refractivity contribution in [2.45, 2.75) is 13.0 Å². The highest BCUT2D eigenvalue weighted by Gasteiger charge is 2.15. The third kappa shape index (κ3) is 3.06. The van der Waals surface area contributed by atoms with E-state index in [0.29, 0.717) is 37.3 Å². The minimum atomic E-state index is -0.301. The zero-order valence-electron chi connectivity index (χ0n) is 13.4. The summed E-state index contributed by atoms with van der Waals surface area (Å²) in [5.41, 5.74) is 7.40. The Kier molecular flexibility index (Phi) is 3.85. The first-order valence-electron chi connectivity index (χ1n) is 7.96. The average molecular weight is 339 g/mol. The van der Waals surface area contributed by atoms with Crippen LogP contribution in [0.5, 0.6) is 11.8 Å². The highest BCUT2D eigenvalue weighted by atomic mass is 16.5. The van der Waals surface area contributed by atoms with Gasteiger partial charge in [-0.2, -0.15) is 9.97 Å². The Morgan fingerprint density at radius 1 is 1.20 bits per heavy atom. The van der Waals surface area contributed by atoms with Crippen molar-refractivity contribution >= 4 is 17.0 Å². The number of aromatic amines is 1. The summed E-state index contributed by atoms with van der Waals surface area (Å²) in [4.78, 5) is 23.5. The molecular weight excluding hydrogens is 322 g/mol. The quantitative estimate of drug-likeness (QED) is 0.601. The van der Waals surface area contributed by atoms with E-state index >= 15 is 0 Å². The van der Waals surface area contributed by atoms with E-state index in [2.05, 4.69) is 15.0 Å². The SMILES string of the molecule is Nc1nc2nc3c1[nH]c(=O)n3Cc1cccc(c1)OC/C=C\CCO2. The van der Waals surface area contributed by atoms with Gasteiger partial charge in [-0.15, -0.1) is 0 Å². The van der Waals surface area contributed by atoms with Gasteiger partial charge in [0, 0.05) is 0 Å². The first-order valence-corrected chi connectivity index (χ1v) is 7.96. The van der Waals surface area contributed by atoms with Crippen LogP contribution in [0.3, 0.4) is 0 Å². The standard InChI is InChI=1S/C17H17N5O3/c18-14-13-15-21-16(20-14)25-8-3-1-2-7-24-12-6-4-5-11(9-12)10-22(15)17(23)19-13/h1-2,4-6,9H,3,7-8,10H2,(H,19,23)(H2,18,20,21)/b2-1-. The molecule has 3 aromatic rings. The third-order valence-electron chi connectivity index (χ3n) is 3.90. The van der Waals surface area contributed by atoms with Gasteiger partial charge in [-0.3, -0.25) is 4.57 Å². The van der Waals surface area contributed by atoms with Gasteiger partial charge in [0.2, 0.25) is 0 Å². The first-order chi connectivity index (χ1) is 12.2. The van der Waals surface area contributed by atoms with Gasteiger partial charge in [-0.25, -0.2) is 4.79 Å². The highest BCUT2D eigenvalue weighted by Crippen LogP contribution is 2.20. The number of imidazole rings is 1. The number of rotatable bonds is 0. The fraction of sp³-hybridized carbons (Fsp3) is 0.235. The predicted octanol–water partition coefficient (Wildman–Crippen LogP) is 1.47. The molecule has 3 N–H and O–H groups in total. The maximum Gasteiger partial charge on any atom is 0.328 e. The Bertz CT molecular complexity index is 1010. The van der Waals surface area contributed by atoms with Crippen LogP contribution in [0.25, 0.3) is 11.2 Å². The molecule has 1 aliphatic heterocycles. The van der Waals surface area contributed by atoms with Gasteiger partial charge in [0.15, 0.2) is 11.5 Å². The second-order valence-electron chi connectivity index (χ2n) is 5.67. The van der Waals surface area contributed by atoms with Crippen LogP contribution in [0.15, 0.2) is 41.2 Å². The molecule has 25 heavy (non-hydrogen) atoms. The van der Waals surface area contributed by atoms with Crippen LogP contribution in [0.1, 0.15) is 12.0 Å². The lowest BCUT2D eigenvalue weighted by Gasteiger charge is -2.07. The number of fused-ring (bicyclic) bond motifs is 3. The fourth-order valence-corrected chi connectivity index (χ4v) is 2.71. The lowest BCUT2D eigenvalue weighted by Crippen LogP contribution is -2.17. The zero-order chi connectivity index (χ0) is 17.2. The molecule has 128 valence electrons. The van der Waals surface area contributed by atoms with Crippen molar-refractivity contribution in [3.8, 4) is 11.8 Å². The molecule has 4 bridgehead atoms. The molecule has 0 unspecified atom stereocenters. The number of ether oxygens (including phenoxy) is 2. The molecule has 0 saturated heterocycles. The van der Waals surface area contributed by atoms with E-state index < -0.39 is 0 Å². The normalized spacial score (nSPS) is 15.8. The second-order valence-corrected chi connectivity index (χ2v) is 5.67. The Balaban J connectivity index is 1.84. The van der Waals surface area contributed by atoms with E-state index in [1.165, 1.54) is 4.57 Å². The molecule has 0 radical (unpaired) electrons. The molecule has 8 heteroatoms. The summed E-state index contributed by atoms with van der Waals surface area (Å²) < 4.78 is 12.8. The van der Waals surface area contributed by atoms with Gasteiger partial charge in [0.05, 0.1) is 13.2 Å². The number of hydrogen-bond acceptors (Lipinski definition) is 6. The smallest absolute Gasteiger partial charge is 0.328 e. The summed E-state index contributed by atoms with van der Waals surface area (Å²) in [6.45, 7) is 1.21. The Labute approximate surface area is 142 Å². The zero-order valence-corrected chi connectivity index (χ0v) is 13.4. The lowest BCUT2D eigenvalue weighted by molar-refractivity contribution is 0.300. The lowest BCUT2D eigenvalue weighted by atomic mass is 10.2. The van der Waals surface area contributed by atoms with Crippen LogP contribution in [0.2, 0.25) is 0 Å². The summed E-state index contributed by atoms with van der Waals surface area (Å²) in [7, 11) is 0. The van der Waals surface area contributed by atoms with E-state index in [-0.39, 0.29) is 17.5 Å². The molecule has 4 rings (SSSR count). The number of nitrogen functional groups attached to an aromatic ring is 1. The first kappa shape index (κ1) is 15.3. The molecule has 0 fully saturated rings. The monoisotopic (exact) mass is 339 g/mol. The van der Waals surface area contributed by atoms with E-state index in [9.17, 15) is 4.79 Å². The molecule has 2 aromatic heterocycles. The molecule has 0 saturated carbocycles. The number of nitrogens with two attached hydrogens (primary N) is 1. The number of anilines is 1. The molecule has 0 amide bonds. The van der Waals surface area contributed by atoms with E-state index in [4.69, 9.17) is 15.2 Å². The van der Waals surface area contributed by atoms with Crippen LogP contribution in [-0.4, -0.2) is 32.7 Å². The number of hydrogen-bond donors (Lipinski definition) is 2. The summed E-state index contributed by atoms with van der Waals surface area (Å²) in [6, 6.07) is 7.76. The predicted molar refractivity (Wildman–Crippen MR) is 92.9 cm³/mol. The average Bonchev–Trinajstić information content (AvgIpc) is 2.90. The second kappa shape index (κ2) is 6.31. The molecule has 0 atom stereocenters. The van der Waals surface area contributed by atoms with Crippen LogP contribution in [0, 0.1) is 0 Å². The summed E-state index contributed by atoms with van der Waals surface area (Å²) >= 11 is 0. The largest absolute Gasteiger partial charge is 0.490 e. The van der Waals surface area contributed by atoms with Gasteiger partial charge in [0.25, 0.3) is 0 Å². The van der Waals surface area contributed by atoms with Crippen molar-refractivity contribution in [3.63, 3.8) is 0 Å². The number of aromatic nitrogens is 4. The third-order valence-corrected chi connectivity index (χ3v) is 3.90. The molecule has 3 heterocycles.